The van der Waals surface area contributed by atoms with Crippen molar-refractivity contribution in [2.24, 2.45) is 0 Å². The van der Waals surface area contributed by atoms with Crippen LogP contribution in [0.5, 0.6) is 5.75 Å². The predicted octanol–water partition coefficient (Wildman–Crippen LogP) is 5.03. The van der Waals surface area contributed by atoms with Gasteiger partial charge in [0.25, 0.3) is 0 Å². The molecule has 4 rings (SSSR count). The third-order valence-electron chi connectivity index (χ3n) is 5.38. The number of nitrogens with one attached hydrogen (secondary N) is 1. The summed E-state index contributed by atoms with van der Waals surface area (Å²) < 4.78 is 36.7. The molecule has 32 heavy (non-hydrogen) atoms. The van der Waals surface area contributed by atoms with Crippen LogP contribution >= 0.6 is 11.8 Å². The normalized spacial score (nSPS) is 17.1. The van der Waals surface area contributed by atoms with Gasteiger partial charge in [-0.05, 0) is 63.9 Å². The van der Waals surface area contributed by atoms with Crippen molar-refractivity contribution >= 4 is 17.5 Å². The minimum absolute atomic E-state index is 0.0320. The van der Waals surface area contributed by atoms with Crippen LogP contribution in [0.1, 0.15) is 53.4 Å². The standard InChI is InChI=1S/C22H24F2N4O3S/c1-12-11-17(13(2)28(12)15-6-8-16(9-7-15)31-21(23)24)19(29)14(3)32-22-25-20(26-27-22)18-5-4-10-30-18/h6-9,11,14,18,21H,4-5,10H2,1-3H3,(H,25,26,27)/t14-,18+/m0/s1. The molecule has 1 fully saturated rings. The van der Waals surface area contributed by atoms with Crippen LogP contribution in [0.25, 0.3) is 5.69 Å². The maximum atomic E-state index is 13.2. The highest BCUT2D eigenvalue weighted by atomic mass is 32.2. The number of halogens is 2. The Hall–Kier alpha value is -2.72. The summed E-state index contributed by atoms with van der Waals surface area (Å²) >= 11 is 1.30. The van der Waals surface area contributed by atoms with Crippen molar-refractivity contribution in [2.45, 2.75) is 56.7 Å². The molecule has 0 aliphatic carbocycles. The smallest absolute Gasteiger partial charge is 0.387 e. The summed E-state index contributed by atoms with van der Waals surface area (Å²) in [6.45, 7) is 3.44. The molecule has 3 aromatic rings. The van der Waals surface area contributed by atoms with E-state index in [1.807, 2.05) is 31.4 Å². The summed E-state index contributed by atoms with van der Waals surface area (Å²) in [6, 6.07) is 8.17. The van der Waals surface area contributed by atoms with Crippen LogP contribution in [0.15, 0.2) is 35.5 Å². The van der Waals surface area contributed by atoms with E-state index >= 15 is 0 Å². The van der Waals surface area contributed by atoms with Crippen molar-refractivity contribution in [3.05, 3.63) is 53.1 Å². The van der Waals surface area contributed by atoms with E-state index in [2.05, 4.69) is 19.9 Å². The fraction of sp³-hybridized carbons (Fsp3) is 0.409. The van der Waals surface area contributed by atoms with E-state index in [0.29, 0.717) is 16.5 Å². The number of rotatable bonds is 8. The zero-order chi connectivity index (χ0) is 22.8. The summed E-state index contributed by atoms with van der Waals surface area (Å²) in [4.78, 5) is 17.7. The molecule has 170 valence electrons. The largest absolute Gasteiger partial charge is 0.435 e. The van der Waals surface area contributed by atoms with Gasteiger partial charge >= 0.3 is 6.61 Å². The first kappa shape index (κ1) is 22.5. The molecule has 0 radical (unpaired) electrons. The summed E-state index contributed by atoms with van der Waals surface area (Å²) in [7, 11) is 0. The minimum Gasteiger partial charge on any atom is -0.435 e. The molecule has 3 heterocycles. The van der Waals surface area contributed by atoms with Gasteiger partial charge in [-0.1, -0.05) is 11.8 Å². The Morgan fingerprint density at radius 1 is 1.31 bits per heavy atom. The first-order valence-corrected chi connectivity index (χ1v) is 11.2. The SMILES string of the molecule is Cc1cc(C(=O)[C@H](C)Sc2n[nH]c([C@H]3CCCO3)n2)c(C)n1-c1ccc(OC(F)F)cc1. The molecule has 0 spiro atoms. The fourth-order valence-electron chi connectivity index (χ4n) is 3.86. The van der Waals surface area contributed by atoms with Crippen molar-refractivity contribution < 1.29 is 23.0 Å². The number of Topliss-reactive ketones (excluding diaryl/α,β-unsaturated/α-hetero) is 1. The number of aromatic nitrogens is 4. The van der Waals surface area contributed by atoms with Gasteiger partial charge in [-0.2, -0.15) is 8.78 Å². The first-order valence-electron chi connectivity index (χ1n) is 10.3. The predicted molar refractivity (Wildman–Crippen MR) is 116 cm³/mol. The molecule has 1 N–H and O–H groups in total. The van der Waals surface area contributed by atoms with E-state index in [1.165, 1.54) is 23.9 Å². The van der Waals surface area contributed by atoms with E-state index in [1.54, 1.807) is 12.1 Å². The second-order valence-electron chi connectivity index (χ2n) is 7.62. The molecule has 0 amide bonds. The molecular formula is C22H24F2N4O3S. The lowest BCUT2D eigenvalue weighted by molar-refractivity contribution is -0.0498. The Labute approximate surface area is 188 Å². The topological polar surface area (TPSA) is 82.0 Å². The van der Waals surface area contributed by atoms with E-state index in [9.17, 15) is 13.6 Å². The van der Waals surface area contributed by atoms with Crippen molar-refractivity contribution in [3.8, 4) is 11.4 Å². The molecule has 0 bridgehead atoms. The van der Waals surface area contributed by atoms with Crippen molar-refractivity contribution in [1.29, 1.82) is 0 Å². The molecule has 1 aliphatic rings. The molecule has 10 heteroatoms. The van der Waals surface area contributed by atoms with Gasteiger partial charge in [0, 0.05) is 29.2 Å². The molecular weight excluding hydrogens is 438 g/mol. The van der Waals surface area contributed by atoms with E-state index < -0.39 is 6.61 Å². The van der Waals surface area contributed by atoms with E-state index in [0.717, 1.165) is 36.5 Å². The Kier molecular flexibility index (Phi) is 6.61. The Morgan fingerprint density at radius 2 is 2.06 bits per heavy atom. The molecule has 1 aromatic carbocycles. The van der Waals surface area contributed by atoms with Crippen LogP contribution in [0.3, 0.4) is 0 Å². The molecule has 0 saturated carbocycles. The number of alkyl halides is 2. The lowest BCUT2D eigenvalue weighted by atomic mass is 10.1. The summed E-state index contributed by atoms with van der Waals surface area (Å²) in [5.74, 6) is 0.749. The van der Waals surface area contributed by atoms with Crippen LogP contribution in [-0.4, -0.2) is 44.0 Å². The van der Waals surface area contributed by atoms with Crippen LogP contribution in [-0.2, 0) is 4.74 Å². The minimum atomic E-state index is -2.87. The maximum absolute atomic E-state index is 13.2. The average molecular weight is 463 g/mol. The number of ether oxygens (including phenoxy) is 2. The van der Waals surface area contributed by atoms with Gasteiger partial charge in [-0.3, -0.25) is 9.89 Å². The molecule has 2 atom stereocenters. The highest BCUT2D eigenvalue weighted by Gasteiger charge is 2.26. The lowest BCUT2D eigenvalue weighted by Crippen LogP contribution is -2.15. The Balaban J connectivity index is 1.49. The van der Waals surface area contributed by atoms with Gasteiger partial charge in [0.15, 0.2) is 11.6 Å². The number of aryl methyl sites for hydroxylation is 1. The zero-order valence-electron chi connectivity index (χ0n) is 18.0. The third-order valence-corrected chi connectivity index (χ3v) is 6.35. The zero-order valence-corrected chi connectivity index (χ0v) is 18.8. The average Bonchev–Trinajstić information content (AvgIpc) is 3.49. The summed E-state index contributed by atoms with van der Waals surface area (Å²) in [6.07, 6.45) is 1.86. The van der Waals surface area contributed by atoms with E-state index in [-0.39, 0.29) is 22.9 Å². The molecule has 7 nitrogen and oxygen atoms in total. The lowest BCUT2D eigenvalue weighted by Gasteiger charge is -2.12. The van der Waals surface area contributed by atoms with Gasteiger partial charge in [0.1, 0.15) is 11.9 Å². The molecule has 1 aliphatic heterocycles. The highest BCUT2D eigenvalue weighted by molar-refractivity contribution is 8.00. The van der Waals surface area contributed by atoms with Gasteiger partial charge < -0.3 is 14.0 Å². The number of thioether (sulfide) groups is 1. The van der Waals surface area contributed by atoms with Gasteiger partial charge in [0.2, 0.25) is 5.16 Å². The van der Waals surface area contributed by atoms with Gasteiger partial charge in [0.05, 0.1) is 5.25 Å². The second kappa shape index (κ2) is 9.41. The quantitative estimate of drug-likeness (QED) is 0.374. The number of nitrogens with zero attached hydrogens (tertiary/aromatic N) is 3. The highest BCUT2D eigenvalue weighted by Crippen LogP contribution is 2.30. The van der Waals surface area contributed by atoms with Gasteiger partial charge in [-0.25, -0.2) is 4.98 Å². The van der Waals surface area contributed by atoms with E-state index in [4.69, 9.17) is 4.74 Å². The van der Waals surface area contributed by atoms with Crippen molar-refractivity contribution in [2.75, 3.05) is 6.61 Å². The number of ketones is 1. The molecule has 0 unspecified atom stereocenters. The number of H-pyrrole nitrogens is 1. The van der Waals surface area contributed by atoms with Crippen molar-refractivity contribution in [1.82, 2.24) is 19.7 Å². The fourth-order valence-corrected chi connectivity index (χ4v) is 4.66. The van der Waals surface area contributed by atoms with Crippen LogP contribution in [0, 0.1) is 13.8 Å². The Morgan fingerprint density at radius 3 is 2.72 bits per heavy atom. The number of hydrogen-bond donors (Lipinski definition) is 1. The summed E-state index contributed by atoms with van der Waals surface area (Å²) in [5, 5.41) is 7.26. The number of aromatic amines is 1. The van der Waals surface area contributed by atoms with Crippen LogP contribution in [0.2, 0.25) is 0 Å². The van der Waals surface area contributed by atoms with Crippen molar-refractivity contribution in [3.63, 3.8) is 0 Å². The first-order chi connectivity index (χ1) is 15.3. The number of hydrogen-bond acceptors (Lipinski definition) is 6. The second-order valence-corrected chi connectivity index (χ2v) is 8.93. The van der Waals surface area contributed by atoms with Gasteiger partial charge in [-0.15, -0.1) is 5.10 Å². The Bertz CT molecular complexity index is 1090. The number of carbonyl (C=O) groups excluding carboxylic acids is 1. The van der Waals surface area contributed by atoms with Crippen LogP contribution < -0.4 is 4.74 Å². The third kappa shape index (κ3) is 4.71. The maximum Gasteiger partial charge on any atom is 0.387 e. The van der Waals surface area contributed by atoms with Crippen LogP contribution in [0.4, 0.5) is 8.78 Å². The number of carbonyl (C=O) groups is 1. The monoisotopic (exact) mass is 462 g/mol. The summed E-state index contributed by atoms with van der Waals surface area (Å²) in [5.41, 5.74) is 3.00. The molecule has 1 saturated heterocycles. The number of benzene rings is 1. The molecule has 2 aromatic heterocycles.